The third kappa shape index (κ3) is 20.5. The number of likely N-dealkylation sites (N-methyl/N-ethyl adjacent to an activating group) is 2. The number of nitriles is 2. The first-order valence-corrected chi connectivity index (χ1v) is 55.2. The topological polar surface area (TPSA) is 360 Å². The third-order valence-electron chi connectivity index (χ3n) is 32.3. The zero-order valence-electron chi connectivity index (χ0n) is 87.3. The van der Waals surface area contributed by atoms with Crippen molar-refractivity contribution in [2.75, 3.05) is 93.9 Å². The van der Waals surface area contributed by atoms with Gasteiger partial charge in [0, 0.05) is 106 Å². The smallest absolute Gasteiger partial charge is 0.504 e. The maximum absolute atomic E-state index is 15.3. The summed E-state index contributed by atoms with van der Waals surface area (Å²) in [5, 5.41) is 64.3. The van der Waals surface area contributed by atoms with Gasteiger partial charge in [0.05, 0.1) is 75.2 Å². The summed E-state index contributed by atoms with van der Waals surface area (Å²) in [6, 6.07) is 10.7. The Kier molecular flexibility index (Phi) is 33.5. The molecule has 4 saturated heterocycles. The lowest BCUT2D eigenvalue weighted by Gasteiger charge is -2.62. The molecule has 0 amide bonds. The number of thioether (sulfide) groups is 2. The average Bonchev–Trinajstić information content (AvgIpc) is 1.59. The molecule has 14 atom stereocenters. The van der Waals surface area contributed by atoms with E-state index < -0.39 is 93.6 Å². The van der Waals surface area contributed by atoms with Gasteiger partial charge >= 0.3 is 30.0 Å². The van der Waals surface area contributed by atoms with E-state index in [1.54, 1.807) is 59.3 Å². The Morgan fingerprint density at radius 1 is 0.462 bits per heavy atom. The Hall–Kier alpha value is -10.3. The Balaban J connectivity index is 0.000000200. The number of piperazine rings is 2. The number of ether oxygens (including phenoxy) is 14. The number of rotatable bonds is 35. The second-order valence-corrected chi connectivity index (χ2v) is 44.7. The van der Waals surface area contributed by atoms with Crippen LogP contribution < -0.4 is 62.7 Å². The second kappa shape index (κ2) is 45.8. The van der Waals surface area contributed by atoms with Crippen molar-refractivity contribution in [3.63, 3.8) is 0 Å². The molecule has 30 nitrogen and oxygen atoms in total. The summed E-state index contributed by atoms with van der Waals surface area (Å²) in [6.07, 6.45) is 32.6. The molecule has 6 aromatic rings. The summed E-state index contributed by atoms with van der Waals surface area (Å²) < 4.78 is 86.1. The van der Waals surface area contributed by atoms with Crippen molar-refractivity contribution in [2.45, 2.75) is 355 Å². The Morgan fingerprint density at radius 3 is 1.22 bits per heavy atom. The van der Waals surface area contributed by atoms with Crippen LogP contribution in [-0.4, -0.2) is 201 Å². The standard InChI is InChI=1S/C59H78N4O12S.C54H70N4O10S/c1-10-11-12-13-14-15-16-17-18-19-20-21-22-23-44(64)74-52-35(3)53-54(72-33-71-53)46-41-31-70-56(66)59(38-29-42(68-8)43(28-36(38)24-25-61-59)73-57(67)75-58(4,5)6)32-76-55(47(46)52)49-48-45-37(26-34(2)51(69-9)50(45)65)27-39(62(48)7)40(30-60)63(41)49;1-7-8-9-10-11-12-13-14-15-16-17-18-19-20-41(60)68-49-32(3)50-51(67-30-66-50)43-38-28-65-53(62)54(35-26-40(63-5)39(59)25-33(35)21-22-56-54)29-69-52(44(43)49)46-45-42-34(23-31(2)48(64-6)47(42)61)24-36(57(45)4)37(27-55)58(38)46/h26,28-29,39-41,48-49,55,61,65H,10-25,27,31-33H2,1-9H3;23,25-26,36-38,45-46,52,56,59,61H,7-22,24,28-30H2,1-6H3/t39-,40-,41-,48+,49?,55+,59+;36-,37-,38-,45+,46?,52+,54+/m00/s1. The molecule has 32 heteroatoms. The molecule has 0 aliphatic carbocycles. The van der Waals surface area contributed by atoms with Crippen LogP contribution in [0.3, 0.4) is 0 Å². The molecule has 6 aromatic carbocycles. The number of fused-ring (bicyclic) bond motifs is 18. The van der Waals surface area contributed by atoms with Gasteiger partial charge < -0.3 is 81.6 Å². The van der Waals surface area contributed by atoms with Gasteiger partial charge in [-0.3, -0.25) is 39.8 Å². The molecule has 0 saturated carbocycles. The van der Waals surface area contributed by atoms with Gasteiger partial charge in [-0.05, 0) is 170 Å². The van der Waals surface area contributed by atoms with Crippen molar-refractivity contribution in [1.29, 1.82) is 10.5 Å². The Morgan fingerprint density at radius 2 is 0.841 bits per heavy atom. The minimum atomic E-state index is -1.46. The Bertz CT molecular complexity index is 5900. The van der Waals surface area contributed by atoms with Crippen LogP contribution in [-0.2, 0) is 70.1 Å². The fourth-order valence-corrected chi connectivity index (χ4v) is 28.8. The van der Waals surface area contributed by atoms with Crippen LogP contribution in [0.25, 0.3) is 0 Å². The van der Waals surface area contributed by atoms with Crippen LogP contribution >= 0.6 is 23.5 Å². The quantitative estimate of drug-likeness (QED) is 0.00811. The molecule has 14 heterocycles. The van der Waals surface area contributed by atoms with Crippen LogP contribution in [0.1, 0.15) is 338 Å². The van der Waals surface area contributed by atoms with Gasteiger partial charge in [-0.15, -0.1) is 23.5 Å². The van der Waals surface area contributed by atoms with Crippen LogP contribution in [0.15, 0.2) is 36.4 Å². The fraction of sp³-hybridized carbons (Fsp3) is 0.619. The molecule has 784 valence electrons. The van der Waals surface area contributed by atoms with Gasteiger partial charge in [-0.1, -0.05) is 180 Å². The average molecular weight is 2030 g/mol. The zero-order chi connectivity index (χ0) is 103. The molecule has 2 spiro atoms. The summed E-state index contributed by atoms with van der Waals surface area (Å²) in [5.41, 5.74) is 8.04. The number of unbranched alkanes of at least 4 members (excludes halogenated alkanes) is 24. The lowest BCUT2D eigenvalue weighted by molar-refractivity contribution is -0.158. The number of phenols is 3. The van der Waals surface area contributed by atoms with Gasteiger partial charge in [0.2, 0.25) is 13.6 Å². The molecule has 5 N–H and O–H groups in total. The molecular formula is C113H148N8O22S2. The van der Waals surface area contributed by atoms with E-state index in [9.17, 15) is 40.2 Å². The van der Waals surface area contributed by atoms with E-state index in [2.05, 4.69) is 68.4 Å². The highest BCUT2D eigenvalue weighted by Crippen LogP contribution is 2.68. The van der Waals surface area contributed by atoms with Crippen molar-refractivity contribution < 1.29 is 106 Å². The highest BCUT2D eigenvalue weighted by Gasteiger charge is 2.65. The van der Waals surface area contributed by atoms with Crippen molar-refractivity contribution >= 4 is 53.6 Å². The molecule has 14 aliphatic rings. The fourth-order valence-electron chi connectivity index (χ4n) is 25.4. The number of aryl methyl sites for hydroxylation is 2. The molecule has 145 heavy (non-hydrogen) atoms. The number of aromatic hydroxyl groups is 3. The van der Waals surface area contributed by atoms with E-state index in [4.69, 9.17) is 66.3 Å². The number of hydrogen-bond donors (Lipinski definition) is 5. The van der Waals surface area contributed by atoms with E-state index in [0.29, 0.717) is 142 Å². The van der Waals surface area contributed by atoms with Gasteiger partial charge in [0.15, 0.2) is 80.1 Å². The number of nitrogens with one attached hydrogen (secondary N) is 2. The first kappa shape index (κ1) is 106. The van der Waals surface area contributed by atoms with E-state index >= 15 is 9.59 Å². The number of esters is 4. The second-order valence-electron chi connectivity index (χ2n) is 42.5. The number of carbonyl (C=O) groups is 5. The highest BCUT2D eigenvalue weighted by molar-refractivity contribution is 7.99. The highest BCUT2D eigenvalue weighted by atomic mass is 32.2. The van der Waals surface area contributed by atoms with E-state index in [0.717, 1.165) is 83.0 Å². The normalized spacial score (nSPS) is 24.9. The molecule has 0 radical (unpaired) electrons. The molecule has 2 unspecified atom stereocenters. The van der Waals surface area contributed by atoms with E-state index in [1.165, 1.54) is 153 Å². The molecular weight excluding hydrogens is 1890 g/mol. The number of methoxy groups -OCH3 is 4. The van der Waals surface area contributed by atoms with Crippen molar-refractivity contribution in [3.8, 4) is 92.6 Å². The molecule has 14 aliphatic heterocycles. The maximum atomic E-state index is 15.3. The summed E-state index contributed by atoms with van der Waals surface area (Å²) >= 11 is 3.01. The van der Waals surface area contributed by atoms with Crippen LogP contribution in [0, 0.1) is 50.4 Å². The number of carbonyl (C=O) groups excluding carboxylic acids is 5. The van der Waals surface area contributed by atoms with Crippen molar-refractivity contribution in [3.05, 3.63) is 125 Å². The first-order chi connectivity index (χ1) is 70.1. The van der Waals surface area contributed by atoms with Gasteiger partial charge in [0.1, 0.15) is 42.4 Å². The Labute approximate surface area is 862 Å². The molecule has 20 rings (SSSR count). The zero-order valence-corrected chi connectivity index (χ0v) is 88.9. The lowest BCUT2D eigenvalue weighted by atomic mass is 9.71. The number of phenolic OH excluding ortho intramolecular Hbond substituents is 3. The van der Waals surface area contributed by atoms with Crippen LogP contribution in [0.5, 0.6) is 80.5 Å². The van der Waals surface area contributed by atoms with Gasteiger partial charge in [0.25, 0.3) is 0 Å². The minimum absolute atomic E-state index is 0.0154. The van der Waals surface area contributed by atoms with Crippen LogP contribution in [0.2, 0.25) is 0 Å². The largest absolute Gasteiger partial charge is 0.514 e. The number of hydrogen-bond acceptors (Lipinski definition) is 32. The SMILES string of the molecule is CCCCCCCCCCCCCCCC(=O)Oc1c(C)c2c(c3c1[C@H]1SC[C@]4(NCCc5cc(O)c(OC)cc54)C(=O)OC[C@@H]3N3C1[C@H]1c4c(cc(C)c(OC)c4O)C[C@@H]([C@@H]3C#N)N1C)OCO2.CCCCCCCCCCCCCCCC(=O)Oc1c(C)c2c(c3c1[C@H]1SC[C@]4(NCCc5cc(OC(=O)OC(C)(C)C)c(OC)cc54)C(=O)OC[C@@H]3N3C1[C@H]1c4c(cc(C)c(OC)c4O)C[C@@H]([C@@H]3C#N)N1C)OCO2. The maximum Gasteiger partial charge on any atom is 0.514 e. The first-order valence-electron chi connectivity index (χ1n) is 53.1. The van der Waals surface area contributed by atoms with Gasteiger partial charge in [-0.25, -0.2) is 14.4 Å². The third-order valence-corrected chi connectivity index (χ3v) is 35.3. The van der Waals surface area contributed by atoms with E-state index in [1.807, 2.05) is 41.8 Å². The van der Waals surface area contributed by atoms with Crippen molar-refractivity contribution in [1.82, 2.24) is 30.2 Å². The molecule has 8 bridgehead atoms. The van der Waals surface area contributed by atoms with E-state index in [-0.39, 0.29) is 110 Å². The summed E-state index contributed by atoms with van der Waals surface area (Å²) in [7, 11) is 10.1. The molecule has 0 aromatic heterocycles. The monoisotopic (exact) mass is 2030 g/mol. The predicted octanol–water partition coefficient (Wildman–Crippen LogP) is 20.5. The summed E-state index contributed by atoms with van der Waals surface area (Å²) in [5.74, 6) is 2.58. The molecule has 4 fully saturated rings. The van der Waals surface area contributed by atoms with Gasteiger partial charge in [-0.2, -0.15) is 10.5 Å². The number of nitrogens with zero attached hydrogens (tertiary/aromatic N) is 6. The summed E-state index contributed by atoms with van der Waals surface area (Å²) in [4.78, 5) is 80.7. The predicted molar refractivity (Wildman–Crippen MR) is 550 cm³/mol. The lowest BCUT2D eigenvalue weighted by Crippen LogP contribution is -2.69. The van der Waals surface area contributed by atoms with Crippen LogP contribution in [0.4, 0.5) is 4.79 Å². The number of benzene rings is 6. The summed E-state index contributed by atoms with van der Waals surface area (Å²) in [6.45, 7) is 17.7. The van der Waals surface area contributed by atoms with Crippen molar-refractivity contribution in [2.24, 2.45) is 0 Å². The minimum Gasteiger partial charge on any atom is -0.504 e.